The maximum atomic E-state index is 5.15. The second kappa shape index (κ2) is 7.55. The van der Waals surface area contributed by atoms with Gasteiger partial charge in [-0.15, -0.1) is 10.2 Å². The fraction of sp³-hybridized carbons (Fsp3) is 0.375. The Morgan fingerprint density at radius 3 is 2.66 bits per heavy atom. The zero-order chi connectivity index (χ0) is 21.7. The van der Waals surface area contributed by atoms with Gasteiger partial charge in [0.1, 0.15) is 17.2 Å². The van der Waals surface area contributed by atoms with Crippen molar-refractivity contribution in [2.24, 2.45) is 0 Å². The summed E-state index contributed by atoms with van der Waals surface area (Å²) in [4.78, 5) is 12.4. The Morgan fingerprint density at radius 1 is 1.06 bits per heavy atom. The van der Waals surface area contributed by atoms with Crippen LogP contribution in [0, 0.1) is 6.92 Å². The van der Waals surface area contributed by atoms with Crippen LogP contribution in [0.5, 0.6) is 0 Å². The molecule has 1 aliphatic carbocycles. The van der Waals surface area contributed by atoms with Crippen LogP contribution in [0.1, 0.15) is 56.7 Å². The molecule has 3 aromatic heterocycles. The van der Waals surface area contributed by atoms with Crippen LogP contribution in [0.4, 0.5) is 5.82 Å². The summed E-state index contributed by atoms with van der Waals surface area (Å²) in [6, 6.07) is 10.9. The van der Waals surface area contributed by atoms with Crippen molar-refractivity contribution in [3.63, 3.8) is 0 Å². The fourth-order valence-electron chi connectivity index (χ4n) is 5.28. The number of fused-ring (bicyclic) bond motifs is 3. The normalized spacial score (nSPS) is 18.1. The van der Waals surface area contributed by atoms with Crippen LogP contribution in [-0.4, -0.2) is 41.0 Å². The molecular formula is C24H26N8. The average Bonchev–Trinajstić information content (AvgIpc) is 3.60. The topological polar surface area (TPSA) is 88.4 Å². The minimum absolute atomic E-state index is 0.157. The van der Waals surface area contributed by atoms with Gasteiger partial charge in [0.2, 0.25) is 0 Å². The first kappa shape index (κ1) is 19.2. The molecule has 8 nitrogen and oxygen atoms in total. The molecule has 1 aliphatic heterocycles. The SMILES string of the molecule is CC[C@@H]1c2nnc(C)n2-c2cnc(-c3[nH]ncc3-c3ccccc3)nc2N1C1CCCC1. The number of aryl methyl sites for hydroxylation is 1. The van der Waals surface area contributed by atoms with Crippen LogP contribution >= 0.6 is 0 Å². The fourth-order valence-corrected chi connectivity index (χ4v) is 5.28. The van der Waals surface area contributed by atoms with Gasteiger partial charge >= 0.3 is 0 Å². The van der Waals surface area contributed by atoms with E-state index in [1.54, 1.807) is 0 Å². The van der Waals surface area contributed by atoms with Gasteiger partial charge in [-0.05, 0) is 31.7 Å². The molecule has 0 saturated heterocycles. The van der Waals surface area contributed by atoms with Crippen molar-refractivity contribution >= 4 is 5.82 Å². The summed E-state index contributed by atoms with van der Waals surface area (Å²) >= 11 is 0. The molecule has 32 heavy (non-hydrogen) atoms. The highest BCUT2D eigenvalue weighted by Gasteiger charge is 2.39. The lowest BCUT2D eigenvalue weighted by Crippen LogP contribution is -2.42. The summed E-state index contributed by atoms with van der Waals surface area (Å²) in [5.74, 6) is 3.49. The van der Waals surface area contributed by atoms with Crippen molar-refractivity contribution in [3.8, 4) is 28.3 Å². The predicted octanol–water partition coefficient (Wildman–Crippen LogP) is 4.64. The van der Waals surface area contributed by atoms with Crippen LogP contribution in [0.25, 0.3) is 28.3 Å². The van der Waals surface area contributed by atoms with E-state index >= 15 is 0 Å². The summed E-state index contributed by atoms with van der Waals surface area (Å²) in [6.07, 6.45) is 9.60. The van der Waals surface area contributed by atoms with Crippen LogP contribution in [0.3, 0.4) is 0 Å². The first-order valence-electron chi connectivity index (χ1n) is 11.4. The summed E-state index contributed by atoms with van der Waals surface area (Å²) in [5.41, 5.74) is 3.89. The Hall–Kier alpha value is -3.55. The van der Waals surface area contributed by atoms with E-state index in [-0.39, 0.29) is 6.04 Å². The minimum atomic E-state index is 0.157. The van der Waals surface area contributed by atoms with Crippen molar-refractivity contribution in [3.05, 3.63) is 54.4 Å². The molecule has 1 fully saturated rings. The lowest BCUT2D eigenvalue weighted by atomic mass is 10.0. The molecule has 1 N–H and O–H groups in total. The average molecular weight is 427 g/mol. The number of hydrogen-bond acceptors (Lipinski definition) is 6. The molecule has 162 valence electrons. The number of aromatic nitrogens is 7. The third-order valence-electron chi connectivity index (χ3n) is 6.77. The quantitative estimate of drug-likeness (QED) is 0.512. The van der Waals surface area contributed by atoms with Crippen LogP contribution in [-0.2, 0) is 0 Å². The van der Waals surface area contributed by atoms with Crippen molar-refractivity contribution in [1.29, 1.82) is 0 Å². The number of anilines is 1. The van der Waals surface area contributed by atoms with Gasteiger partial charge in [0, 0.05) is 11.6 Å². The smallest absolute Gasteiger partial charge is 0.180 e. The van der Waals surface area contributed by atoms with Gasteiger partial charge in [0.05, 0.1) is 18.4 Å². The summed E-state index contributed by atoms with van der Waals surface area (Å²) in [5, 5.41) is 16.4. The zero-order valence-electron chi connectivity index (χ0n) is 18.4. The molecule has 0 unspecified atom stereocenters. The predicted molar refractivity (Wildman–Crippen MR) is 122 cm³/mol. The standard InChI is InChI=1S/C24H26N8/c1-3-19-24-30-28-15(2)31(24)20-14-25-22(27-23(20)32(19)17-11-7-8-12-17)21-18(13-26-29-21)16-9-5-4-6-10-16/h4-6,9-10,13-14,17,19H,3,7-8,11-12H2,1-2H3,(H,26,29)/t19-/m1/s1. The van der Waals surface area contributed by atoms with Gasteiger partial charge in [-0.1, -0.05) is 50.1 Å². The van der Waals surface area contributed by atoms with E-state index in [2.05, 4.69) is 48.9 Å². The van der Waals surface area contributed by atoms with E-state index < -0.39 is 0 Å². The number of rotatable bonds is 4. The lowest BCUT2D eigenvalue weighted by Gasteiger charge is -2.41. The molecule has 6 rings (SSSR count). The zero-order valence-corrected chi connectivity index (χ0v) is 18.4. The number of H-pyrrole nitrogens is 1. The van der Waals surface area contributed by atoms with E-state index in [9.17, 15) is 0 Å². The summed E-state index contributed by atoms with van der Waals surface area (Å²) in [7, 11) is 0. The number of benzene rings is 1. The Morgan fingerprint density at radius 2 is 1.88 bits per heavy atom. The first-order chi connectivity index (χ1) is 15.8. The Kier molecular flexibility index (Phi) is 4.52. The number of hydrogen-bond donors (Lipinski definition) is 1. The number of aromatic amines is 1. The summed E-state index contributed by atoms with van der Waals surface area (Å²) < 4.78 is 2.13. The lowest BCUT2D eigenvalue weighted by molar-refractivity contribution is 0.468. The Balaban J connectivity index is 1.53. The molecule has 0 amide bonds. The summed E-state index contributed by atoms with van der Waals surface area (Å²) in [6.45, 7) is 4.21. The minimum Gasteiger partial charge on any atom is -0.341 e. The molecule has 2 aliphatic rings. The first-order valence-corrected chi connectivity index (χ1v) is 11.4. The van der Waals surface area contributed by atoms with Crippen molar-refractivity contribution in [2.75, 3.05) is 4.90 Å². The van der Waals surface area contributed by atoms with Gasteiger partial charge in [0.25, 0.3) is 0 Å². The largest absolute Gasteiger partial charge is 0.341 e. The maximum Gasteiger partial charge on any atom is 0.180 e. The highest BCUT2D eigenvalue weighted by atomic mass is 15.4. The van der Waals surface area contributed by atoms with Gasteiger partial charge in [0.15, 0.2) is 17.5 Å². The second-order valence-corrected chi connectivity index (χ2v) is 8.64. The highest BCUT2D eigenvalue weighted by molar-refractivity contribution is 5.78. The second-order valence-electron chi connectivity index (χ2n) is 8.64. The number of nitrogens with one attached hydrogen (secondary N) is 1. The van der Waals surface area contributed by atoms with Gasteiger partial charge in [-0.3, -0.25) is 9.67 Å². The van der Waals surface area contributed by atoms with Gasteiger partial charge in [-0.2, -0.15) is 5.10 Å². The van der Waals surface area contributed by atoms with Crippen molar-refractivity contribution < 1.29 is 0 Å². The van der Waals surface area contributed by atoms with E-state index in [1.165, 1.54) is 25.7 Å². The van der Waals surface area contributed by atoms with Crippen molar-refractivity contribution in [1.82, 2.24) is 34.9 Å². The molecule has 1 aromatic carbocycles. The van der Waals surface area contributed by atoms with Crippen LogP contribution in [0.15, 0.2) is 42.7 Å². The Bertz CT molecular complexity index is 1250. The molecule has 0 bridgehead atoms. The van der Waals surface area contributed by atoms with E-state index in [1.807, 2.05) is 37.5 Å². The molecule has 1 saturated carbocycles. The van der Waals surface area contributed by atoms with Crippen LogP contribution < -0.4 is 4.90 Å². The van der Waals surface area contributed by atoms with Gasteiger partial charge < -0.3 is 4.90 Å². The monoisotopic (exact) mass is 426 g/mol. The molecule has 8 heteroatoms. The van der Waals surface area contributed by atoms with E-state index in [0.717, 1.165) is 46.4 Å². The van der Waals surface area contributed by atoms with E-state index in [0.29, 0.717) is 11.9 Å². The molecule has 0 radical (unpaired) electrons. The van der Waals surface area contributed by atoms with Crippen LogP contribution in [0.2, 0.25) is 0 Å². The third-order valence-corrected chi connectivity index (χ3v) is 6.77. The highest BCUT2D eigenvalue weighted by Crippen LogP contribution is 2.43. The molecule has 1 atom stereocenters. The molecule has 0 spiro atoms. The van der Waals surface area contributed by atoms with Crippen molar-refractivity contribution in [2.45, 2.75) is 58.0 Å². The van der Waals surface area contributed by atoms with E-state index in [4.69, 9.17) is 9.97 Å². The molecular weight excluding hydrogens is 400 g/mol. The third kappa shape index (κ3) is 2.86. The molecule has 4 heterocycles. The van der Waals surface area contributed by atoms with Gasteiger partial charge in [-0.25, -0.2) is 9.97 Å². The number of nitrogens with zero attached hydrogens (tertiary/aromatic N) is 7. The molecule has 4 aromatic rings. The maximum absolute atomic E-state index is 5.15. The Labute approximate surface area is 186 Å².